The van der Waals surface area contributed by atoms with Crippen molar-refractivity contribution in [3.8, 4) is 16.9 Å². The van der Waals surface area contributed by atoms with Gasteiger partial charge >= 0.3 is 0 Å². The van der Waals surface area contributed by atoms with E-state index < -0.39 is 0 Å². The number of hydrogen-bond acceptors (Lipinski definition) is 3. The summed E-state index contributed by atoms with van der Waals surface area (Å²) in [6.45, 7) is 6.55. The lowest BCUT2D eigenvalue weighted by Crippen LogP contribution is -2.20. The fourth-order valence-corrected chi connectivity index (χ4v) is 3.04. The van der Waals surface area contributed by atoms with Crippen LogP contribution >= 0.6 is 0 Å². The smallest absolute Gasteiger partial charge is 0.138 e. The van der Waals surface area contributed by atoms with Gasteiger partial charge in [-0.25, -0.2) is 9.97 Å². The number of rotatable bonds is 2. The molecule has 0 unspecified atom stereocenters. The average molecular weight is 320 g/mol. The first kappa shape index (κ1) is 14.8. The zero-order chi connectivity index (χ0) is 16.9. The second-order valence-corrected chi connectivity index (χ2v) is 6.96. The predicted octanol–water partition coefficient (Wildman–Crippen LogP) is 4.34. The van der Waals surface area contributed by atoms with Crippen molar-refractivity contribution < 1.29 is 4.74 Å². The normalized spacial score (nSPS) is 12.2. The molecule has 3 aromatic heterocycles. The fourth-order valence-electron chi connectivity index (χ4n) is 3.04. The molecule has 1 aromatic carbocycles. The molecule has 0 aliphatic carbocycles. The van der Waals surface area contributed by atoms with Gasteiger partial charge in [0.2, 0.25) is 0 Å². The Bertz CT molecular complexity index is 1040. The first-order valence-corrected chi connectivity index (χ1v) is 7.96. The Morgan fingerprint density at radius 2 is 1.96 bits per heavy atom. The molecule has 0 radical (unpaired) electrons. The number of ether oxygens (including phenoxy) is 1. The fraction of sp³-hybridized carbons (Fsp3) is 0.263. The third-order valence-electron chi connectivity index (χ3n) is 4.32. The summed E-state index contributed by atoms with van der Waals surface area (Å²) in [7, 11) is 1.66. The van der Waals surface area contributed by atoms with Gasteiger partial charge in [0, 0.05) is 22.7 Å². The van der Waals surface area contributed by atoms with Gasteiger partial charge in [-0.1, -0.05) is 6.07 Å². The minimum absolute atomic E-state index is 0.0155. The molecule has 0 aliphatic heterocycles. The third-order valence-corrected chi connectivity index (χ3v) is 4.32. The molecular weight excluding hydrogens is 300 g/mol. The van der Waals surface area contributed by atoms with Crippen molar-refractivity contribution in [2.24, 2.45) is 0 Å². The molecular formula is C19H20N4O. The molecule has 5 heteroatoms. The van der Waals surface area contributed by atoms with E-state index in [9.17, 15) is 0 Å². The number of fused-ring (bicyclic) bond motifs is 2. The minimum Gasteiger partial charge on any atom is -0.495 e. The van der Waals surface area contributed by atoms with E-state index in [4.69, 9.17) is 4.74 Å². The molecule has 3 heterocycles. The summed E-state index contributed by atoms with van der Waals surface area (Å²) in [5.74, 6) is 0.754. The highest BCUT2D eigenvalue weighted by Crippen LogP contribution is 2.32. The van der Waals surface area contributed by atoms with Crippen LogP contribution < -0.4 is 4.74 Å². The van der Waals surface area contributed by atoms with E-state index in [2.05, 4.69) is 58.5 Å². The van der Waals surface area contributed by atoms with Gasteiger partial charge in [-0.2, -0.15) is 0 Å². The summed E-state index contributed by atoms with van der Waals surface area (Å²) < 4.78 is 7.52. The van der Waals surface area contributed by atoms with Gasteiger partial charge in [-0.3, -0.25) is 0 Å². The number of nitrogens with zero attached hydrogens (tertiary/aromatic N) is 3. The van der Waals surface area contributed by atoms with Crippen LogP contribution in [0.4, 0.5) is 0 Å². The summed E-state index contributed by atoms with van der Waals surface area (Å²) in [4.78, 5) is 12.2. The lowest BCUT2D eigenvalue weighted by Gasteiger charge is -2.21. The quantitative estimate of drug-likeness (QED) is 0.597. The van der Waals surface area contributed by atoms with Crippen molar-refractivity contribution in [2.45, 2.75) is 26.3 Å². The predicted molar refractivity (Wildman–Crippen MR) is 96.4 cm³/mol. The van der Waals surface area contributed by atoms with E-state index in [1.54, 1.807) is 13.3 Å². The van der Waals surface area contributed by atoms with Crippen molar-refractivity contribution in [1.29, 1.82) is 0 Å². The van der Waals surface area contributed by atoms with Crippen LogP contribution in [0.2, 0.25) is 0 Å². The molecule has 5 nitrogen and oxygen atoms in total. The molecule has 0 amide bonds. The summed E-state index contributed by atoms with van der Waals surface area (Å²) in [6.07, 6.45) is 5.63. The Balaban J connectivity index is 1.93. The third kappa shape index (κ3) is 2.24. The van der Waals surface area contributed by atoms with Gasteiger partial charge in [0.1, 0.15) is 11.4 Å². The van der Waals surface area contributed by atoms with Crippen LogP contribution in [-0.4, -0.2) is 26.6 Å². The van der Waals surface area contributed by atoms with Crippen molar-refractivity contribution in [1.82, 2.24) is 19.5 Å². The Hall–Kier alpha value is -2.82. The largest absolute Gasteiger partial charge is 0.495 e. The van der Waals surface area contributed by atoms with Crippen LogP contribution in [0, 0.1) is 0 Å². The van der Waals surface area contributed by atoms with Gasteiger partial charge < -0.3 is 14.3 Å². The zero-order valence-electron chi connectivity index (χ0n) is 14.3. The van der Waals surface area contributed by atoms with E-state index in [0.29, 0.717) is 0 Å². The van der Waals surface area contributed by atoms with E-state index in [0.717, 1.165) is 38.9 Å². The average Bonchev–Trinajstić information content (AvgIpc) is 3.16. The summed E-state index contributed by atoms with van der Waals surface area (Å²) in [6, 6.07) is 8.37. The van der Waals surface area contributed by atoms with E-state index >= 15 is 0 Å². The summed E-state index contributed by atoms with van der Waals surface area (Å²) >= 11 is 0. The van der Waals surface area contributed by atoms with Crippen molar-refractivity contribution in [3.05, 3.63) is 43.0 Å². The zero-order valence-corrected chi connectivity index (χ0v) is 14.3. The molecule has 0 atom stereocenters. The molecule has 4 aromatic rings. The van der Waals surface area contributed by atoms with E-state index in [1.165, 1.54) is 0 Å². The van der Waals surface area contributed by atoms with Gasteiger partial charge in [0.15, 0.2) is 0 Å². The van der Waals surface area contributed by atoms with Crippen LogP contribution in [-0.2, 0) is 5.54 Å². The maximum atomic E-state index is 5.31. The van der Waals surface area contributed by atoms with Gasteiger partial charge in [0.25, 0.3) is 0 Å². The molecule has 0 saturated carbocycles. The second kappa shape index (κ2) is 5.09. The molecule has 0 saturated heterocycles. The highest BCUT2D eigenvalue weighted by atomic mass is 16.5. The number of hydrogen-bond donors (Lipinski definition) is 1. The van der Waals surface area contributed by atoms with Crippen LogP contribution in [0.25, 0.3) is 33.2 Å². The monoisotopic (exact) mass is 320 g/mol. The number of aromatic nitrogens is 4. The Morgan fingerprint density at radius 1 is 1.12 bits per heavy atom. The summed E-state index contributed by atoms with van der Waals surface area (Å²) in [5, 5.41) is 1.05. The van der Waals surface area contributed by atoms with Crippen molar-refractivity contribution >= 4 is 22.1 Å². The maximum Gasteiger partial charge on any atom is 0.138 e. The Morgan fingerprint density at radius 3 is 2.71 bits per heavy atom. The summed E-state index contributed by atoms with van der Waals surface area (Å²) in [5.41, 5.74) is 5.22. The van der Waals surface area contributed by atoms with Crippen molar-refractivity contribution in [3.63, 3.8) is 0 Å². The topological polar surface area (TPSA) is 55.7 Å². The van der Waals surface area contributed by atoms with Crippen molar-refractivity contribution in [2.75, 3.05) is 7.11 Å². The lowest BCUT2D eigenvalue weighted by atomic mass is 10.0. The first-order chi connectivity index (χ1) is 11.5. The highest BCUT2D eigenvalue weighted by molar-refractivity contribution is 5.96. The number of aromatic amines is 1. The van der Waals surface area contributed by atoms with Crippen LogP contribution in [0.1, 0.15) is 20.8 Å². The van der Waals surface area contributed by atoms with E-state index in [1.807, 2.05) is 18.6 Å². The molecule has 1 N–H and O–H groups in total. The minimum atomic E-state index is -0.0155. The van der Waals surface area contributed by atoms with Crippen LogP contribution in [0.3, 0.4) is 0 Å². The Labute approximate surface area is 140 Å². The molecule has 0 bridgehead atoms. The number of benzene rings is 1. The molecule has 0 spiro atoms. The SMILES string of the molecule is COc1cnc2[nH]cc(-c3ccc4ncn(C(C)(C)C)c4c3)c2c1. The van der Waals surface area contributed by atoms with Gasteiger partial charge in [-0.05, 0) is 44.5 Å². The molecule has 4 rings (SSSR count). The van der Waals surface area contributed by atoms with Crippen LogP contribution in [0.15, 0.2) is 43.0 Å². The maximum absolute atomic E-state index is 5.31. The van der Waals surface area contributed by atoms with E-state index in [-0.39, 0.29) is 5.54 Å². The lowest BCUT2D eigenvalue weighted by molar-refractivity contribution is 0.408. The molecule has 0 fully saturated rings. The molecule has 122 valence electrons. The number of imidazole rings is 1. The van der Waals surface area contributed by atoms with Gasteiger partial charge in [0.05, 0.1) is 30.7 Å². The number of pyridine rings is 1. The number of H-pyrrole nitrogens is 1. The molecule has 24 heavy (non-hydrogen) atoms. The standard InChI is InChI=1S/C19H20N4O/c1-19(2,3)23-11-22-16-6-5-12(7-17(16)23)15-10-21-18-14(15)8-13(24-4)9-20-18/h5-11H,1-4H3,(H,20,21). The highest BCUT2D eigenvalue weighted by Gasteiger charge is 2.17. The Kier molecular flexibility index (Phi) is 3.13. The van der Waals surface area contributed by atoms with Crippen LogP contribution in [0.5, 0.6) is 5.75 Å². The molecule has 0 aliphatic rings. The van der Waals surface area contributed by atoms with Gasteiger partial charge in [-0.15, -0.1) is 0 Å². The first-order valence-electron chi connectivity index (χ1n) is 7.96. The second-order valence-electron chi connectivity index (χ2n) is 6.96. The number of nitrogens with one attached hydrogen (secondary N) is 1. The number of methoxy groups -OCH3 is 1.